The Hall–Kier alpha value is -0.480. The van der Waals surface area contributed by atoms with Crippen LogP contribution in [-0.2, 0) is 0 Å². The lowest BCUT2D eigenvalue weighted by molar-refractivity contribution is 0.0954. The zero-order chi connectivity index (χ0) is 17.4. The van der Waals surface area contributed by atoms with Gasteiger partial charge in [0.2, 0.25) is 0 Å². The molecule has 140 valence electrons. The van der Waals surface area contributed by atoms with Gasteiger partial charge in [-0.2, -0.15) is 11.8 Å². The maximum absolute atomic E-state index is 12.1. The fraction of sp³-hybridized carbons (Fsp3) is 0.529. The largest absolute Gasteiger partial charge is 0.354 e. The molecule has 1 saturated heterocycles. The van der Waals surface area contributed by atoms with Crippen LogP contribution in [0, 0.1) is 0 Å². The Morgan fingerprint density at radius 1 is 1.32 bits per heavy atom. The predicted molar refractivity (Wildman–Crippen MR) is 121 cm³/mol. The molecule has 1 aromatic rings. The van der Waals surface area contributed by atoms with Gasteiger partial charge in [-0.05, 0) is 30.7 Å². The lowest BCUT2D eigenvalue weighted by Gasteiger charge is -2.34. The first-order valence-corrected chi connectivity index (χ1v) is 10.1. The van der Waals surface area contributed by atoms with Crippen molar-refractivity contribution in [3.05, 3.63) is 34.3 Å². The van der Waals surface area contributed by atoms with Crippen molar-refractivity contribution in [3.63, 3.8) is 0 Å². The van der Waals surface area contributed by atoms with Crippen LogP contribution >= 0.6 is 51.7 Å². The van der Waals surface area contributed by atoms with Crippen molar-refractivity contribution in [2.24, 2.45) is 4.99 Å². The van der Waals surface area contributed by atoms with Crippen molar-refractivity contribution < 1.29 is 4.79 Å². The van der Waals surface area contributed by atoms with Gasteiger partial charge in [0.25, 0.3) is 5.91 Å². The van der Waals surface area contributed by atoms with E-state index in [0.717, 1.165) is 29.3 Å². The van der Waals surface area contributed by atoms with E-state index in [9.17, 15) is 4.79 Å². The highest BCUT2D eigenvalue weighted by molar-refractivity contribution is 14.0. The second-order valence-electron chi connectivity index (χ2n) is 5.58. The maximum atomic E-state index is 12.1. The summed E-state index contributed by atoms with van der Waals surface area (Å²) in [7, 11) is 1.81. The van der Waals surface area contributed by atoms with Gasteiger partial charge in [0.1, 0.15) is 0 Å². The number of nitrogens with one attached hydrogen (secondary N) is 2. The number of rotatable bonds is 5. The van der Waals surface area contributed by atoms with Gasteiger partial charge in [-0.1, -0.05) is 22.9 Å². The quantitative estimate of drug-likeness (QED) is 0.261. The lowest BCUT2D eigenvalue weighted by Crippen LogP contribution is -2.49. The van der Waals surface area contributed by atoms with E-state index in [1.165, 1.54) is 6.42 Å². The Bertz CT molecular complexity index is 570. The third-order valence-electron chi connectivity index (χ3n) is 3.91. The van der Waals surface area contributed by atoms with Crippen LogP contribution in [0.25, 0.3) is 0 Å². The molecule has 5 nitrogen and oxygen atoms in total. The van der Waals surface area contributed by atoms with Crippen molar-refractivity contribution in [1.82, 2.24) is 15.5 Å². The summed E-state index contributed by atoms with van der Waals surface area (Å²) < 4.78 is 0.967. The molecule has 25 heavy (non-hydrogen) atoms. The van der Waals surface area contributed by atoms with Gasteiger partial charge >= 0.3 is 0 Å². The van der Waals surface area contributed by atoms with Gasteiger partial charge in [-0.15, -0.1) is 24.0 Å². The van der Waals surface area contributed by atoms with Crippen LogP contribution in [0.1, 0.15) is 23.7 Å². The maximum Gasteiger partial charge on any atom is 0.251 e. The van der Waals surface area contributed by atoms with E-state index < -0.39 is 0 Å². The number of guanidine groups is 1. The number of nitrogens with zero attached hydrogens (tertiary/aromatic N) is 2. The Morgan fingerprint density at radius 3 is 2.64 bits per heavy atom. The highest BCUT2D eigenvalue weighted by Crippen LogP contribution is 2.20. The molecular formula is C17H26BrIN4OS. The standard InChI is InChI=1S/C17H25BrN4OS.HI/c1-3-15-12-22(10-11-24-15)17(19-2)21-9-8-20-16(23)13-4-6-14(18)7-5-13;/h4-7,15H,3,8-12H2,1-2H3,(H,19,21)(H,20,23);1H. The molecule has 1 atom stereocenters. The smallest absolute Gasteiger partial charge is 0.251 e. The first kappa shape index (κ1) is 22.6. The molecule has 1 aromatic carbocycles. The van der Waals surface area contributed by atoms with E-state index in [2.05, 4.69) is 43.4 Å². The topological polar surface area (TPSA) is 56.7 Å². The van der Waals surface area contributed by atoms with Crippen LogP contribution < -0.4 is 10.6 Å². The summed E-state index contributed by atoms with van der Waals surface area (Å²) in [5.41, 5.74) is 0.668. The minimum absolute atomic E-state index is 0. The van der Waals surface area contributed by atoms with E-state index in [1.807, 2.05) is 43.1 Å². The average molecular weight is 541 g/mol. The molecule has 0 saturated carbocycles. The van der Waals surface area contributed by atoms with Gasteiger partial charge < -0.3 is 15.5 Å². The van der Waals surface area contributed by atoms with Crippen molar-refractivity contribution in [3.8, 4) is 0 Å². The van der Waals surface area contributed by atoms with Crippen LogP contribution in [0.5, 0.6) is 0 Å². The van der Waals surface area contributed by atoms with Crippen molar-refractivity contribution >= 4 is 63.5 Å². The molecule has 1 fully saturated rings. The second kappa shape index (κ2) is 12.0. The third-order valence-corrected chi connectivity index (χ3v) is 5.81. The van der Waals surface area contributed by atoms with Crippen molar-refractivity contribution in [2.75, 3.05) is 39.0 Å². The SMILES string of the molecule is CCC1CN(C(=NC)NCCNC(=O)c2ccc(Br)cc2)CCS1.I. The molecule has 8 heteroatoms. The Morgan fingerprint density at radius 2 is 2.00 bits per heavy atom. The first-order valence-electron chi connectivity index (χ1n) is 8.25. The molecule has 0 spiro atoms. The normalized spacial score (nSPS) is 17.6. The highest BCUT2D eigenvalue weighted by atomic mass is 127. The molecule has 2 N–H and O–H groups in total. The van der Waals surface area contributed by atoms with E-state index in [1.54, 1.807) is 0 Å². The minimum Gasteiger partial charge on any atom is -0.354 e. The van der Waals surface area contributed by atoms with E-state index in [0.29, 0.717) is 23.9 Å². The molecule has 1 heterocycles. The Labute approximate surface area is 179 Å². The fourth-order valence-corrected chi connectivity index (χ4v) is 3.99. The molecule has 0 bridgehead atoms. The Kier molecular flexibility index (Phi) is 10.8. The molecule has 0 radical (unpaired) electrons. The summed E-state index contributed by atoms with van der Waals surface area (Å²) in [4.78, 5) is 18.7. The molecule has 0 aliphatic carbocycles. The molecule has 1 unspecified atom stereocenters. The monoisotopic (exact) mass is 540 g/mol. The van der Waals surface area contributed by atoms with Crippen LogP contribution in [0.15, 0.2) is 33.7 Å². The number of benzene rings is 1. The molecule has 1 aliphatic heterocycles. The lowest BCUT2D eigenvalue weighted by atomic mass is 10.2. The summed E-state index contributed by atoms with van der Waals surface area (Å²) in [6, 6.07) is 7.35. The summed E-state index contributed by atoms with van der Waals surface area (Å²) >= 11 is 5.41. The minimum atomic E-state index is -0.0558. The number of aliphatic imine (C=N–C) groups is 1. The van der Waals surface area contributed by atoms with E-state index >= 15 is 0 Å². The highest BCUT2D eigenvalue weighted by Gasteiger charge is 2.21. The molecule has 2 rings (SSSR count). The van der Waals surface area contributed by atoms with Gasteiger partial charge in [-0.25, -0.2) is 0 Å². The van der Waals surface area contributed by atoms with Crippen molar-refractivity contribution in [1.29, 1.82) is 0 Å². The van der Waals surface area contributed by atoms with Crippen LogP contribution in [0.2, 0.25) is 0 Å². The first-order chi connectivity index (χ1) is 11.6. The number of thioether (sulfide) groups is 1. The fourth-order valence-electron chi connectivity index (χ4n) is 2.54. The number of carbonyl (C=O) groups excluding carboxylic acids is 1. The summed E-state index contributed by atoms with van der Waals surface area (Å²) in [6.45, 7) is 5.51. The van der Waals surface area contributed by atoms with Crippen molar-refractivity contribution in [2.45, 2.75) is 18.6 Å². The number of halogens is 2. The average Bonchev–Trinajstić information content (AvgIpc) is 2.62. The van der Waals surface area contributed by atoms with Crippen LogP contribution in [0.4, 0.5) is 0 Å². The number of carbonyl (C=O) groups is 1. The summed E-state index contributed by atoms with van der Waals surface area (Å²) in [5, 5.41) is 6.95. The number of amides is 1. The Balaban J connectivity index is 0.00000312. The van der Waals surface area contributed by atoms with Gasteiger partial charge in [0, 0.05) is 54.3 Å². The summed E-state index contributed by atoms with van der Waals surface area (Å²) in [6.07, 6.45) is 1.18. The molecule has 1 aliphatic rings. The predicted octanol–water partition coefficient (Wildman–Crippen LogP) is 3.20. The van der Waals surface area contributed by atoms with Crippen LogP contribution in [-0.4, -0.2) is 61.0 Å². The van der Waals surface area contributed by atoms with Crippen LogP contribution in [0.3, 0.4) is 0 Å². The van der Waals surface area contributed by atoms with Gasteiger partial charge in [0.15, 0.2) is 5.96 Å². The van der Waals surface area contributed by atoms with E-state index in [-0.39, 0.29) is 29.9 Å². The number of hydrogen-bond donors (Lipinski definition) is 2. The van der Waals surface area contributed by atoms with Gasteiger partial charge in [0.05, 0.1) is 0 Å². The zero-order valence-electron chi connectivity index (χ0n) is 14.6. The third kappa shape index (κ3) is 7.34. The van der Waals surface area contributed by atoms with Gasteiger partial charge in [-0.3, -0.25) is 9.79 Å². The number of hydrogen-bond acceptors (Lipinski definition) is 3. The summed E-state index contributed by atoms with van der Waals surface area (Å²) in [5.74, 6) is 2.01. The second-order valence-corrected chi connectivity index (χ2v) is 7.91. The molecular weight excluding hydrogens is 515 g/mol. The zero-order valence-corrected chi connectivity index (χ0v) is 19.4. The molecule has 1 amide bonds. The molecule has 0 aromatic heterocycles. The van der Waals surface area contributed by atoms with E-state index in [4.69, 9.17) is 0 Å².